The Morgan fingerprint density at radius 3 is 3.00 bits per heavy atom. The molecule has 1 saturated carbocycles. The van der Waals surface area contributed by atoms with E-state index in [1.165, 1.54) is 30.8 Å². The lowest BCUT2D eigenvalue weighted by molar-refractivity contribution is 0.220. The lowest BCUT2D eigenvalue weighted by atomic mass is 10.0. The molecule has 0 radical (unpaired) electrons. The molecule has 0 spiro atoms. The second-order valence-corrected chi connectivity index (χ2v) is 5.33. The van der Waals surface area contributed by atoms with Crippen LogP contribution in [0.25, 0.3) is 0 Å². The van der Waals surface area contributed by atoms with Crippen molar-refractivity contribution in [3.8, 4) is 0 Å². The second kappa shape index (κ2) is 4.05. The fraction of sp³-hybridized carbons (Fsp3) is 0.636. The molecule has 2 amide bonds. The predicted molar refractivity (Wildman–Crippen MR) is 63.5 cm³/mol. The summed E-state index contributed by atoms with van der Waals surface area (Å²) in [5.74, 6) is 1.66. The van der Waals surface area contributed by atoms with Crippen molar-refractivity contribution in [3.63, 3.8) is 0 Å². The second-order valence-electron chi connectivity index (χ2n) is 4.68. The van der Waals surface area contributed by atoms with Gasteiger partial charge in [0.05, 0.1) is 11.9 Å². The molecule has 0 aromatic carbocycles. The quantitative estimate of drug-likeness (QED) is 0.858. The number of carbonyl (C=O) groups is 1. The summed E-state index contributed by atoms with van der Waals surface area (Å²) in [5.41, 5.74) is 0.810. The van der Waals surface area contributed by atoms with Gasteiger partial charge in [0.25, 0.3) is 0 Å². The van der Waals surface area contributed by atoms with Crippen LogP contribution in [0.2, 0.25) is 0 Å². The lowest BCUT2D eigenvalue weighted by Crippen LogP contribution is -2.33. The van der Waals surface area contributed by atoms with Crippen LogP contribution in [0, 0.1) is 11.8 Å². The van der Waals surface area contributed by atoms with Gasteiger partial charge in [0.2, 0.25) is 0 Å². The minimum absolute atomic E-state index is 0.0309. The van der Waals surface area contributed by atoms with Gasteiger partial charge in [-0.15, -0.1) is 0 Å². The van der Waals surface area contributed by atoms with E-state index < -0.39 is 0 Å². The first-order valence-corrected chi connectivity index (χ1v) is 6.62. The standard InChI is InChI=1S/C11H15N3OS/c15-11(13-10-5-12-16-7-10)14-4-3-9(6-14)8-1-2-8/h5,7-9H,1-4,6H2,(H,13,15). The Hall–Kier alpha value is -1.10. The molecule has 86 valence electrons. The highest BCUT2D eigenvalue weighted by Gasteiger charge is 2.37. The van der Waals surface area contributed by atoms with Crippen molar-refractivity contribution in [2.45, 2.75) is 19.3 Å². The minimum atomic E-state index is 0.0309. The van der Waals surface area contributed by atoms with Gasteiger partial charge in [-0.3, -0.25) is 0 Å². The van der Waals surface area contributed by atoms with Crippen molar-refractivity contribution in [2.24, 2.45) is 11.8 Å². The molecule has 2 aliphatic rings. The number of anilines is 1. The molecule has 0 bridgehead atoms. The first kappa shape index (κ1) is 10.1. The normalized spacial score (nSPS) is 24.8. The zero-order chi connectivity index (χ0) is 11.0. The van der Waals surface area contributed by atoms with Gasteiger partial charge in [-0.1, -0.05) is 0 Å². The highest BCUT2D eigenvalue weighted by molar-refractivity contribution is 7.04. The molecule has 1 aromatic heterocycles. The maximum atomic E-state index is 11.9. The van der Waals surface area contributed by atoms with Gasteiger partial charge in [0.15, 0.2) is 0 Å². The fourth-order valence-corrected chi connectivity index (χ4v) is 2.86. The molecule has 16 heavy (non-hydrogen) atoms. The Balaban J connectivity index is 1.55. The number of urea groups is 1. The van der Waals surface area contributed by atoms with E-state index in [1.807, 2.05) is 10.3 Å². The highest BCUT2D eigenvalue weighted by Crippen LogP contribution is 2.41. The van der Waals surface area contributed by atoms with Crippen molar-refractivity contribution in [1.29, 1.82) is 0 Å². The van der Waals surface area contributed by atoms with Gasteiger partial charge >= 0.3 is 6.03 Å². The maximum absolute atomic E-state index is 11.9. The molecule has 2 fully saturated rings. The number of nitrogens with one attached hydrogen (secondary N) is 1. The number of likely N-dealkylation sites (tertiary alicyclic amines) is 1. The molecule has 2 heterocycles. The van der Waals surface area contributed by atoms with E-state index in [4.69, 9.17) is 0 Å². The van der Waals surface area contributed by atoms with Crippen LogP contribution in [0.3, 0.4) is 0 Å². The average molecular weight is 237 g/mol. The zero-order valence-corrected chi connectivity index (χ0v) is 9.87. The summed E-state index contributed by atoms with van der Waals surface area (Å²) < 4.78 is 3.96. The lowest BCUT2D eigenvalue weighted by Gasteiger charge is -2.16. The molecular formula is C11H15N3OS. The molecule has 3 rings (SSSR count). The average Bonchev–Trinajstić information content (AvgIpc) is 2.82. The number of nitrogens with zero attached hydrogens (tertiary/aromatic N) is 2. The Labute approximate surface area is 98.8 Å². The van der Waals surface area contributed by atoms with Crippen LogP contribution < -0.4 is 5.32 Å². The van der Waals surface area contributed by atoms with Gasteiger partial charge in [0, 0.05) is 18.5 Å². The topological polar surface area (TPSA) is 45.2 Å². The molecule has 1 unspecified atom stereocenters. The molecule has 1 N–H and O–H groups in total. The van der Waals surface area contributed by atoms with E-state index in [0.29, 0.717) is 0 Å². The smallest absolute Gasteiger partial charge is 0.321 e. The van der Waals surface area contributed by atoms with Gasteiger partial charge in [-0.25, -0.2) is 4.79 Å². The summed E-state index contributed by atoms with van der Waals surface area (Å²) in [5, 5.41) is 4.73. The van der Waals surface area contributed by atoms with Crippen molar-refractivity contribution in [3.05, 3.63) is 11.6 Å². The third-order valence-electron chi connectivity index (χ3n) is 3.48. The summed E-state index contributed by atoms with van der Waals surface area (Å²) in [6.07, 6.45) is 5.61. The molecule has 4 nitrogen and oxygen atoms in total. The summed E-state index contributed by atoms with van der Waals surface area (Å²) >= 11 is 1.36. The molecule has 1 atom stereocenters. The van der Waals surface area contributed by atoms with Crippen LogP contribution in [-0.4, -0.2) is 28.4 Å². The zero-order valence-electron chi connectivity index (χ0n) is 9.06. The fourth-order valence-electron chi connectivity index (χ4n) is 2.39. The van der Waals surface area contributed by atoms with Crippen LogP contribution in [0.4, 0.5) is 10.5 Å². The van der Waals surface area contributed by atoms with E-state index in [0.717, 1.165) is 30.6 Å². The Bertz CT molecular complexity index is 375. The van der Waals surface area contributed by atoms with Crippen LogP contribution in [-0.2, 0) is 0 Å². The number of hydrogen-bond acceptors (Lipinski definition) is 3. The van der Waals surface area contributed by atoms with Gasteiger partial charge in [-0.2, -0.15) is 4.37 Å². The third kappa shape index (κ3) is 2.04. The van der Waals surface area contributed by atoms with E-state index in [1.54, 1.807) is 6.20 Å². The third-order valence-corrected chi connectivity index (χ3v) is 4.07. The maximum Gasteiger partial charge on any atom is 0.321 e. The number of amides is 2. The van der Waals surface area contributed by atoms with Crippen molar-refractivity contribution < 1.29 is 4.79 Å². The van der Waals surface area contributed by atoms with E-state index in [9.17, 15) is 4.79 Å². The minimum Gasteiger partial charge on any atom is -0.324 e. The van der Waals surface area contributed by atoms with Crippen molar-refractivity contribution >= 4 is 23.3 Å². The molecule has 1 aliphatic heterocycles. The first-order valence-electron chi connectivity index (χ1n) is 5.78. The number of aromatic nitrogens is 1. The molecule has 1 saturated heterocycles. The Morgan fingerprint density at radius 1 is 1.44 bits per heavy atom. The van der Waals surface area contributed by atoms with Crippen LogP contribution in [0.15, 0.2) is 11.6 Å². The first-order chi connectivity index (χ1) is 7.83. The van der Waals surface area contributed by atoms with Crippen molar-refractivity contribution in [1.82, 2.24) is 9.27 Å². The number of carbonyl (C=O) groups excluding carboxylic acids is 1. The molecule has 1 aliphatic carbocycles. The van der Waals surface area contributed by atoms with E-state index in [2.05, 4.69) is 9.69 Å². The highest BCUT2D eigenvalue weighted by atomic mass is 32.1. The molecular weight excluding hydrogens is 222 g/mol. The number of hydrogen-bond donors (Lipinski definition) is 1. The van der Waals surface area contributed by atoms with Crippen LogP contribution >= 0.6 is 11.5 Å². The van der Waals surface area contributed by atoms with Crippen LogP contribution in [0.1, 0.15) is 19.3 Å². The Kier molecular flexibility index (Phi) is 2.55. The SMILES string of the molecule is O=C(Nc1cnsc1)N1CCC(C2CC2)C1. The predicted octanol–water partition coefficient (Wildman–Crippen LogP) is 2.41. The Morgan fingerprint density at radius 2 is 2.31 bits per heavy atom. The summed E-state index contributed by atoms with van der Waals surface area (Å²) in [7, 11) is 0. The monoisotopic (exact) mass is 237 g/mol. The molecule has 1 aromatic rings. The van der Waals surface area contributed by atoms with Gasteiger partial charge in [0.1, 0.15) is 0 Å². The van der Waals surface area contributed by atoms with E-state index >= 15 is 0 Å². The molecule has 5 heteroatoms. The summed E-state index contributed by atoms with van der Waals surface area (Å²) in [6, 6.07) is 0.0309. The summed E-state index contributed by atoms with van der Waals surface area (Å²) in [6.45, 7) is 1.85. The van der Waals surface area contributed by atoms with Gasteiger partial charge < -0.3 is 10.2 Å². The van der Waals surface area contributed by atoms with Gasteiger partial charge in [-0.05, 0) is 42.6 Å². The van der Waals surface area contributed by atoms with E-state index in [-0.39, 0.29) is 6.03 Å². The van der Waals surface area contributed by atoms with Crippen LogP contribution in [0.5, 0.6) is 0 Å². The van der Waals surface area contributed by atoms with Crippen molar-refractivity contribution in [2.75, 3.05) is 18.4 Å². The largest absolute Gasteiger partial charge is 0.324 e. The number of rotatable bonds is 2. The summed E-state index contributed by atoms with van der Waals surface area (Å²) in [4.78, 5) is 13.8.